The molecular formula is C19H14FN3O2S. The van der Waals surface area contributed by atoms with Gasteiger partial charge < -0.3 is 4.74 Å². The highest BCUT2D eigenvalue weighted by Gasteiger charge is 2.09. The minimum atomic E-state index is -0.411. The second-order valence-electron chi connectivity index (χ2n) is 5.71. The van der Waals surface area contributed by atoms with Crippen molar-refractivity contribution >= 4 is 22.2 Å². The van der Waals surface area contributed by atoms with E-state index in [4.69, 9.17) is 4.74 Å². The third-order valence-corrected chi connectivity index (χ3v) is 4.95. The van der Waals surface area contributed by atoms with Crippen molar-refractivity contribution in [3.05, 3.63) is 76.0 Å². The molecule has 7 heteroatoms. The molecule has 26 heavy (non-hydrogen) atoms. The van der Waals surface area contributed by atoms with Crippen molar-refractivity contribution in [2.45, 2.75) is 6.54 Å². The van der Waals surface area contributed by atoms with E-state index in [9.17, 15) is 9.18 Å². The molecule has 130 valence electrons. The van der Waals surface area contributed by atoms with E-state index in [0.29, 0.717) is 17.4 Å². The van der Waals surface area contributed by atoms with Crippen LogP contribution in [0.1, 0.15) is 5.69 Å². The fraction of sp³-hybridized carbons (Fsp3) is 0.105. The summed E-state index contributed by atoms with van der Waals surface area (Å²) in [5, 5.41) is 3.17. The molecule has 0 aliphatic carbocycles. The van der Waals surface area contributed by atoms with Gasteiger partial charge in [-0.05, 0) is 36.4 Å². The van der Waals surface area contributed by atoms with Gasteiger partial charge in [-0.2, -0.15) is 0 Å². The number of ether oxygens (including phenoxy) is 1. The van der Waals surface area contributed by atoms with Crippen molar-refractivity contribution in [1.82, 2.24) is 14.5 Å². The van der Waals surface area contributed by atoms with Crippen LogP contribution in [0.5, 0.6) is 5.75 Å². The van der Waals surface area contributed by atoms with Crippen LogP contribution in [0, 0.1) is 5.82 Å². The number of nitrogens with zero attached hydrogens (tertiary/aromatic N) is 3. The topological polar surface area (TPSA) is 57.0 Å². The Hall–Kier alpha value is -3.06. The van der Waals surface area contributed by atoms with Crippen LogP contribution in [0.25, 0.3) is 21.5 Å². The molecular weight excluding hydrogens is 353 g/mol. The number of hydrogen-bond donors (Lipinski definition) is 0. The van der Waals surface area contributed by atoms with Crippen molar-refractivity contribution in [2.75, 3.05) is 7.11 Å². The Kier molecular flexibility index (Phi) is 4.22. The molecule has 4 aromatic rings. The lowest BCUT2D eigenvalue weighted by Crippen LogP contribution is -2.21. The SMILES string of the molecule is COc1ccc(-c2nc(Cn3cnc4cc(F)ccc4c3=O)cs2)cc1. The van der Waals surface area contributed by atoms with Gasteiger partial charge in [-0.1, -0.05) is 0 Å². The lowest BCUT2D eigenvalue weighted by molar-refractivity contribution is 0.415. The number of aromatic nitrogens is 3. The number of rotatable bonds is 4. The average Bonchev–Trinajstić information content (AvgIpc) is 3.13. The zero-order valence-electron chi connectivity index (χ0n) is 13.8. The summed E-state index contributed by atoms with van der Waals surface area (Å²) in [7, 11) is 1.63. The summed E-state index contributed by atoms with van der Waals surface area (Å²) in [6.45, 7) is 0.311. The molecule has 4 rings (SSSR count). The van der Waals surface area contributed by atoms with Gasteiger partial charge in [-0.25, -0.2) is 14.4 Å². The van der Waals surface area contributed by atoms with Crippen LogP contribution in [-0.2, 0) is 6.54 Å². The highest BCUT2D eigenvalue weighted by atomic mass is 32.1. The summed E-state index contributed by atoms with van der Waals surface area (Å²) in [4.78, 5) is 21.3. The summed E-state index contributed by atoms with van der Waals surface area (Å²) >= 11 is 1.51. The number of methoxy groups -OCH3 is 1. The maximum Gasteiger partial charge on any atom is 0.261 e. The monoisotopic (exact) mass is 367 g/mol. The Morgan fingerprint density at radius 2 is 2.00 bits per heavy atom. The van der Waals surface area contributed by atoms with Gasteiger partial charge in [0, 0.05) is 17.0 Å². The van der Waals surface area contributed by atoms with Crippen LogP contribution in [0.3, 0.4) is 0 Å². The number of hydrogen-bond acceptors (Lipinski definition) is 5. The van der Waals surface area contributed by atoms with E-state index in [2.05, 4.69) is 9.97 Å². The molecule has 2 aromatic heterocycles. The molecule has 2 aromatic carbocycles. The summed E-state index contributed by atoms with van der Waals surface area (Å²) in [5.74, 6) is 0.376. The molecule has 0 unspecified atom stereocenters. The van der Waals surface area contributed by atoms with Crippen LogP contribution in [0.15, 0.2) is 59.0 Å². The lowest BCUT2D eigenvalue weighted by Gasteiger charge is -2.05. The Labute approximate surface area is 152 Å². The van der Waals surface area contributed by atoms with Gasteiger partial charge in [-0.15, -0.1) is 11.3 Å². The minimum absolute atomic E-state index is 0.214. The third kappa shape index (κ3) is 3.09. The third-order valence-electron chi connectivity index (χ3n) is 4.01. The van der Waals surface area contributed by atoms with Crippen LogP contribution < -0.4 is 10.3 Å². The molecule has 2 heterocycles. The smallest absolute Gasteiger partial charge is 0.261 e. The maximum absolute atomic E-state index is 13.3. The molecule has 0 spiro atoms. The van der Waals surface area contributed by atoms with E-state index in [0.717, 1.165) is 22.0 Å². The summed E-state index contributed by atoms with van der Waals surface area (Å²) in [6, 6.07) is 11.6. The van der Waals surface area contributed by atoms with Gasteiger partial charge in [0.1, 0.15) is 16.6 Å². The molecule has 0 fully saturated rings. The van der Waals surface area contributed by atoms with Gasteiger partial charge in [-0.3, -0.25) is 9.36 Å². The van der Waals surface area contributed by atoms with Crippen LogP contribution in [0.2, 0.25) is 0 Å². The van der Waals surface area contributed by atoms with E-state index < -0.39 is 5.82 Å². The number of halogens is 1. The van der Waals surface area contributed by atoms with Crippen molar-refractivity contribution in [2.24, 2.45) is 0 Å². The quantitative estimate of drug-likeness (QED) is 0.552. The van der Waals surface area contributed by atoms with Crippen LogP contribution in [-0.4, -0.2) is 21.6 Å². The second kappa shape index (κ2) is 6.68. The average molecular weight is 367 g/mol. The van der Waals surface area contributed by atoms with Gasteiger partial charge in [0.15, 0.2) is 0 Å². The first-order chi connectivity index (χ1) is 12.6. The molecule has 0 radical (unpaired) electrons. The molecule has 0 aliphatic heterocycles. The Bertz CT molecular complexity index is 1140. The van der Waals surface area contributed by atoms with Crippen molar-refractivity contribution in [1.29, 1.82) is 0 Å². The molecule has 0 N–H and O–H groups in total. The first-order valence-corrected chi connectivity index (χ1v) is 8.75. The number of thiazole rings is 1. The predicted octanol–water partition coefficient (Wildman–Crippen LogP) is 3.72. The van der Waals surface area contributed by atoms with Crippen molar-refractivity contribution in [3.63, 3.8) is 0 Å². The van der Waals surface area contributed by atoms with Gasteiger partial charge in [0.25, 0.3) is 5.56 Å². The fourth-order valence-electron chi connectivity index (χ4n) is 2.66. The molecule has 0 saturated carbocycles. The van der Waals surface area contributed by atoms with Crippen LogP contribution in [0.4, 0.5) is 4.39 Å². The Morgan fingerprint density at radius 3 is 2.77 bits per heavy atom. The minimum Gasteiger partial charge on any atom is -0.497 e. The van der Waals surface area contributed by atoms with Gasteiger partial charge in [0.05, 0.1) is 36.6 Å². The summed E-state index contributed by atoms with van der Waals surface area (Å²) in [5.41, 5.74) is 1.89. The number of fused-ring (bicyclic) bond motifs is 1. The van der Waals surface area contributed by atoms with Crippen LogP contribution >= 0.6 is 11.3 Å². The second-order valence-corrected chi connectivity index (χ2v) is 6.57. The Morgan fingerprint density at radius 1 is 1.19 bits per heavy atom. The Balaban J connectivity index is 1.63. The standard InChI is InChI=1S/C19H14FN3O2S/c1-25-15-5-2-12(3-6-15)18-22-14(10-26-18)9-23-11-21-17-8-13(20)4-7-16(17)19(23)24/h2-8,10-11H,9H2,1H3. The van der Waals surface area contributed by atoms with E-state index in [1.807, 2.05) is 29.6 Å². The highest BCUT2D eigenvalue weighted by molar-refractivity contribution is 7.13. The molecule has 0 amide bonds. The molecule has 0 bridgehead atoms. The summed E-state index contributed by atoms with van der Waals surface area (Å²) in [6.07, 6.45) is 1.43. The normalized spacial score (nSPS) is 11.0. The molecule has 5 nitrogen and oxygen atoms in total. The van der Waals surface area contributed by atoms with E-state index in [1.165, 1.54) is 40.4 Å². The highest BCUT2D eigenvalue weighted by Crippen LogP contribution is 2.25. The van der Waals surface area contributed by atoms with Crippen molar-refractivity contribution < 1.29 is 9.13 Å². The number of benzene rings is 2. The van der Waals surface area contributed by atoms with Gasteiger partial charge >= 0.3 is 0 Å². The largest absolute Gasteiger partial charge is 0.497 e. The fourth-order valence-corrected chi connectivity index (χ4v) is 3.48. The first-order valence-electron chi connectivity index (χ1n) is 7.87. The molecule has 0 aliphatic rings. The van der Waals surface area contributed by atoms with E-state index in [1.54, 1.807) is 7.11 Å². The van der Waals surface area contributed by atoms with E-state index in [-0.39, 0.29) is 5.56 Å². The van der Waals surface area contributed by atoms with Crippen molar-refractivity contribution in [3.8, 4) is 16.3 Å². The zero-order valence-corrected chi connectivity index (χ0v) is 14.7. The lowest BCUT2D eigenvalue weighted by atomic mass is 10.2. The molecule has 0 atom stereocenters. The molecule has 0 saturated heterocycles. The maximum atomic E-state index is 13.3. The van der Waals surface area contributed by atoms with Gasteiger partial charge in [0.2, 0.25) is 0 Å². The zero-order chi connectivity index (χ0) is 18.1. The predicted molar refractivity (Wildman–Crippen MR) is 99.2 cm³/mol. The first kappa shape index (κ1) is 16.4. The summed E-state index contributed by atoms with van der Waals surface area (Å²) < 4.78 is 19.9. The van der Waals surface area contributed by atoms with E-state index >= 15 is 0 Å².